The second kappa shape index (κ2) is 12.0. The summed E-state index contributed by atoms with van der Waals surface area (Å²) in [5.41, 5.74) is 5.15. The lowest BCUT2D eigenvalue weighted by Gasteiger charge is -2.26. The van der Waals surface area contributed by atoms with E-state index >= 15 is 0 Å². The Hall–Kier alpha value is -2.23. The Kier molecular flexibility index (Phi) is 8.48. The van der Waals surface area contributed by atoms with Gasteiger partial charge < -0.3 is 35.2 Å². The number of hydrogen-bond donors (Lipinski definition) is 6. The first-order valence-electron chi connectivity index (χ1n) is 13.4. The normalized spacial score (nSPS) is 36.7. The van der Waals surface area contributed by atoms with Crippen molar-refractivity contribution in [3.8, 4) is 0 Å². The molecule has 254 valence electrons. The van der Waals surface area contributed by atoms with E-state index in [1.165, 1.54) is 16.7 Å². The fraction of sp³-hybridized carbons (Fsp3) is 0.455. The highest BCUT2D eigenvalue weighted by molar-refractivity contribution is 7.47. The number of H-pyrrole nitrogens is 1. The predicted molar refractivity (Wildman–Crippen MR) is 158 cm³/mol. The molecule has 0 amide bonds. The van der Waals surface area contributed by atoms with Crippen LogP contribution in [0, 0.1) is 0 Å². The molecule has 7 N–H and O–H groups in total. The van der Waals surface area contributed by atoms with Gasteiger partial charge in [0.2, 0.25) is 11.2 Å². The number of aromatic nitrogens is 6. The number of anilines is 1. The number of nitrogens with one attached hydrogen (secondary N) is 1. The number of imidazole rings is 2. The highest BCUT2D eigenvalue weighted by atomic mass is 35.5. The first-order valence-corrected chi connectivity index (χ1v) is 17.5. The minimum atomic E-state index is -5.15. The highest BCUT2D eigenvalue weighted by Gasteiger charge is 2.54. The van der Waals surface area contributed by atoms with E-state index in [9.17, 15) is 33.9 Å². The maximum atomic E-state index is 13.3. The number of aliphatic hydroxyl groups is 2. The van der Waals surface area contributed by atoms with E-state index in [2.05, 4.69) is 19.9 Å². The second-order valence-corrected chi connectivity index (χ2v) is 14.5. The van der Waals surface area contributed by atoms with Gasteiger partial charge in [0, 0.05) is 0 Å². The van der Waals surface area contributed by atoms with Crippen molar-refractivity contribution >= 4 is 78.6 Å². The third kappa shape index (κ3) is 6.01. The van der Waals surface area contributed by atoms with Crippen LogP contribution in [0.3, 0.4) is 0 Å². The Labute approximate surface area is 276 Å². The number of ether oxygens (including phenoxy) is 2. The molecule has 25 heteroatoms. The SMILES string of the molecule is Nc1nc2c(ncn2[C@@H]2O[C@@H]3COP(=O)(O)OC4[C@@H](O)[C@@H](COP(=O)(O)OC3[C@@H]2O)O[C@H]4n2c(Cl)nc3cc(Cl)c(Cl)cc32)c(=O)[nH]1. The molecule has 0 saturated carbocycles. The van der Waals surface area contributed by atoms with Crippen molar-refractivity contribution in [2.75, 3.05) is 18.9 Å². The number of phosphoric ester groups is 2. The quantitative estimate of drug-likeness (QED) is 0.157. The standard InChI is InChI=1S/C22H22Cl3N7O13P2/c23-6-1-8-9(2-7(6)24)32(21(25)28-8)20-16-13(33)10(42-20)3-40-46(36,37)44-15-11(4-41-47(38,39)45-16)43-19(14(15)34)31-5-27-12-17(31)29-22(26)30-18(12)35/h1-2,5,10-11,13-16,19-20,33-34H,3-4H2,(H,36,37)(H,38,39)(H3,26,29,30,35)/t10-,11-,13+,14+,15?,16?,19-,20-/m1/s1. The van der Waals surface area contributed by atoms with Crippen LogP contribution >= 0.6 is 50.4 Å². The van der Waals surface area contributed by atoms with Crippen LogP contribution in [0.5, 0.6) is 0 Å². The van der Waals surface area contributed by atoms with Crippen LogP contribution in [0.15, 0.2) is 23.3 Å². The fourth-order valence-corrected chi connectivity index (χ4v) is 8.02. The summed E-state index contributed by atoms with van der Waals surface area (Å²) < 4.78 is 61.3. The van der Waals surface area contributed by atoms with E-state index in [1.807, 2.05) is 0 Å². The molecule has 0 spiro atoms. The van der Waals surface area contributed by atoms with Gasteiger partial charge in [-0.3, -0.25) is 37.0 Å². The Balaban J connectivity index is 1.22. The van der Waals surface area contributed by atoms with Crippen molar-refractivity contribution in [3.05, 3.63) is 44.1 Å². The molecule has 47 heavy (non-hydrogen) atoms. The third-order valence-corrected chi connectivity index (χ3v) is 10.6. The number of nitrogens with zero attached hydrogens (tertiary/aromatic N) is 5. The van der Waals surface area contributed by atoms with Gasteiger partial charge in [-0.25, -0.2) is 19.1 Å². The molecule has 2 bridgehead atoms. The van der Waals surface area contributed by atoms with Crippen molar-refractivity contribution < 1.29 is 56.7 Å². The molecule has 3 aliphatic heterocycles. The van der Waals surface area contributed by atoms with Crippen LogP contribution in [-0.4, -0.2) is 98.9 Å². The average Bonchev–Trinajstić information content (AvgIpc) is 3.70. The molecule has 4 aromatic rings. The molecule has 0 aliphatic carbocycles. The van der Waals surface area contributed by atoms with E-state index in [1.54, 1.807) is 0 Å². The van der Waals surface area contributed by atoms with Gasteiger partial charge in [-0.15, -0.1) is 0 Å². The summed E-state index contributed by atoms with van der Waals surface area (Å²) in [5, 5.41) is 22.3. The van der Waals surface area contributed by atoms with Crippen molar-refractivity contribution in [3.63, 3.8) is 0 Å². The molecular weight excluding hydrogens is 739 g/mol. The predicted octanol–water partition coefficient (Wildman–Crippen LogP) is 1.25. The molecule has 3 aliphatic rings. The summed E-state index contributed by atoms with van der Waals surface area (Å²) in [6.07, 6.45) is -11.9. The summed E-state index contributed by atoms with van der Waals surface area (Å²) in [7, 11) is -10.3. The van der Waals surface area contributed by atoms with Gasteiger partial charge in [-0.05, 0) is 23.7 Å². The van der Waals surface area contributed by atoms with E-state index in [-0.39, 0.29) is 43.5 Å². The maximum Gasteiger partial charge on any atom is 0.472 e. The van der Waals surface area contributed by atoms with E-state index in [4.69, 9.17) is 68.1 Å². The van der Waals surface area contributed by atoms with Gasteiger partial charge in [0.15, 0.2) is 23.6 Å². The molecule has 20 nitrogen and oxygen atoms in total. The lowest BCUT2D eigenvalue weighted by molar-refractivity contribution is -0.0670. The molecule has 6 heterocycles. The van der Waals surface area contributed by atoms with Gasteiger partial charge in [0.25, 0.3) is 5.56 Å². The molecule has 10 atom stereocenters. The van der Waals surface area contributed by atoms with Crippen LogP contribution in [0.25, 0.3) is 22.2 Å². The van der Waals surface area contributed by atoms with Crippen LogP contribution in [0.4, 0.5) is 5.95 Å². The third-order valence-electron chi connectivity index (χ3n) is 7.60. The summed E-state index contributed by atoms with van der Waals surface area (Å²) in [6, 6.07) is 2.80. The topological polar surface area (TPSA) is 278 Å². The zero-order chi connectivity index (χ0) is 33.6. The number of nitrogen functional groups attached to an aromatic ring is 1. The molecule has 3 saturated heterocycles. The van der Waals surface area contributed by atoms with Crippen molar-refractivity contribution in [2.24, 2.45) is 0 Å². The monoisotopic (exact) mass is 759 g/mol. The molecule has 1 aromatic carbocycles. The molecule has 3 aromatic heterocycles. The Morgan fingerprint density at radius 2 is 1.55 bits per heavy atom. The number of nitrogens with two attached hydrogens (primary N) is 1. The summed E-state index contributed by atoms with van der Waals surface area (Å²) in [4.78, 5) is 48.0. The van der Waals surface area contributed by atoms with Crippen molar-refractivity contribution in [2.45, 2.75) is 49.1 Å². The second-order valence-electron chi connectivity index (χ2n) is 10.6. The van der Waals surface area contributed by atoms with Gasteiger partial charge in [0.1, 0.15) is 36.6 Å². The molecule has 4 unspecified atom stereocenters. The van der Waals surface area contributed by atoms with E-state index in [0.717, 1.165) is 10.9 Å². The molecule has 7 rings (SSSR count). The van der Waals surface area contributed by atoms with Crippen molar-refractivity contribution in [1.82, 2.24) is 29.1 Å². The zero-order valence-electron chi connectivity index (χ0n) is 23.1. The Bertz CT molecular complexity index is 2050. The minimum Gasteiger partial charge on any atom is -0.387 e. The first kappa shape index (κ1) is 33.3. The van der Waals surface area contributed by atoms with Crippen LogP contribution in [-0.2, 0) is 36.7 Å². The van der Waals surface area contributed by atoms with E-state index < -0.39 is 83.5 Å². The van der Waals surface area contributed by atoms with Crippen LogP contribution in [0.2, 0.25) is 15.3 Å². The molecular formula is C22H22Cl3N7O13P2. The van der Waals surface area contributed by atoms with Gasteiger partial charge in [-0.1, -0.05) is 23.2 Å². The lowest BCUT2D eigenvalue weighted by atomic mass is 10.1. The fourth-order valence-electron chi connectivity index (χ4n) is 5.53. The summed E-state index contributed by atoms with van der Waals surface area (Å²) >= 11 is 18.7. The summed E-state index contributed by atoms with van der Waals surface area (Å²) in [5.74, 6) is -0.278. The average molecular weight is 761 g/mol. The van der Waals surface area contributed by atoms with Gasteiger partial charge in [0.05, 0.1) is 40.6 Å². The minimum absolute atomic E-state index is 0.103. The van der Waals surface area contributed by atoms with Gasteiger partial charge in [-0.2, -0.15) is 4.98 Å². The summed E-state index contributed by atoms with van der Waals surface area (Å²) in [6.45, 7) is -1.70. The number of halogens is 3. The first-order chi connectivity index (χ1) is 22.1. The number of aromatic amines is 1. The highest BCUT2D eigenvalue weighted by Crippen LogP contribution is 2.54. The molecule has 3 fully saturated rings. The number of benzene rings is 1. The number of fused-ring (bicyclic) bond motifs is 5. The lowest BCUT2D eigenvalue weighted by Crippen LogP contribution is -2.36. The smallest absolute Gasteiger partial charge is 0.387 e. The van der Waals surface area contributed by atoms with Crippen LogP contribution < -0.4 is 11.3 Å². The zero-order valence-corrected chi connectivity index (χ0v) is 27.1. The number of aliphatic hydroxyl groups excluding tert-OH is 2. The number of rotatable bonds is 2. The maximum absolute atomic E-state index is 13.3. The number of hydrogen-bond acceptors (Lipinski definition) is 15. The van der Waals surface area contributed by atoms with Crippen molar-refractivity contribution in [1.29, 1.82) is 0 Å². The largest absolute Gasteiger partial charge is 0.472 e. The number of phosphoric acid groups is 2. The van der Waals surface area contributed by atoms with Gasteiger partial charge >= 0.3 is 15.6 Å². The Morgan fingerprint density at radius 3 is 2.28 bits per heavy atom. The molecule has 0 radical (unpaired) electrons. The van der Waals surface area contributed by atoms with E-state index in [0.29, 0.717) is 0 Å². The Morgan fingerprint density at radius 1 is 0.915 bits per heavy atom. The van der Waals surface area contributed by atoms with Crippen LogP contribution in [0.1, 0.15) is 12.5 Å².